The molecule has 1 aromatic carbocycles. The first kappa shape index (κ1) is 16.4. The maximum Gasteiger partial charge on any atom is 0.248 e. The quantitative estimate of drug-likeness (QED) is 0.756. The van der Waals surface area contributed by atoms with Crippen LogP contribution in [0.2, 0.25) is 0 Å². The van der Waals surface area contributed by atoms with Crippen LogP contribution in [0.25, 0.3) is 0 Å². The molecule has 7 heteroatoms. The first-order valence-corrected chi connectivity index (χ1v) is 6.16. The molecule has 1 aliphatic rings. The first-order chi connectivity index (χ1) is 9.15. The number of morpholine rings is 1. The molecule has 0 aromatic heterocycles. The van der Waals surface area contributed by atoms with E-state index in [2.05, 4.69) is 10.6 Å². The summed E-state index contributed by atoms with van der Waals surface area (Å²) in [6, 6.07) is 6.60. The van der Waals surface area contributed by atoms with Crippen molar-refractivity contribution in [3.8, 4) is 0 Å². The summed E-state index contributed by atoms with van der Waals surface area (Å²) >= 11 is 0. The summed E-state index contributed by atoms with van der Waals surface area (Å²) in [4.78, 5) is 22.9. The normalized spacial score (nSPS) is 17.9. The summed E-state index contributed by atoms with van der Waals surface area (Å²) in [7, 11) is 0. The maximum absolute atomic E-state index is 11.8. The number of ether oxygens (including phenoxy) is 1. The molecule has 2 amide bonds. The van der Waals surface area contributed by atoms with Gasteiger partial charge in [-0.2, -0.15) is 0 Å². The Morgan fingerprint density at radius 2 is 2.25 bits per heavy atom. The average molecular weight is 300 g/mol. The molecular weight excluding hydrogens is 282 g/mol. The van der Waals surface area contributed by atoms with E-state index in [9.17, 15) is 9.59 Å². The van der Waals surface area contributed by atoms with Gasteiger partial charge in [-0.15, -0.1) is 12.4 Å². The highest BCUT2D eigenvalue weighted by molar-refractivity contribution is 5.96. The van der Waals surface area contributed by atoms with Gasteiger partial charge in [0, 0.05) is 30.3 Å². The van der Waals surface area contributed by atoms with Crippen molar-refractivity contribution < 1.29 is 14.3 Å². The standard InChI is InChI=1S/C13H17N3O3.ClH/c14-13(18)9-2-1-3-10(6-9)16-12(17)7-11-8-19-5-4-15-11;/h1-3,6,11,15H,4-5,7-8H2,(H2,14,18)(H,16,17);1H. The average Bonchev–Trinajstić information content (AvgIpc) is 2.40. The van der Waals surface area contributed by atoms with Gasteiger partial charge in [0.1, 0.15) is 0 Å². The van der Waals surface area contributed by atoms with E-state index in [0.717, 1.165) is 6.54 Å². The molecule has 0 spiro atoms. The highest BCUT2D eigenvalue weighted by Crippen LogP contribution is 2.11. The summed E-state index contributed by atoms with van der Waals surface area (Å²) in [5, 5.41) is 5.95. The number of halogens is 1. The van der Waals surface area contributed by atoms with Crippen LogP contribution in [0.5, 0.6) is 0 Å². The minimum atomic E-state index is -0.515. The van der Waals surface area contributed by atoms with Crippen molar-refractivity contribution in [2.45, 2.75) is 12.5 Å². The SMILES string of the molecule is Cl.NC(=O)c1cccc(NC(=O)CC2COCCN2)c1. The van der Waals surface area contributed by atoms with Crippen molar-refractivity contribution >= 4 is 29.9 Å². The lowest BCUT2D eigenvalue weighted by Crippen LogP contribution is -2.43. The third-order valence-corrected chi connectivity index (χ3v) is 2.86. The number of hydrogen-bond acceptors (Lipinski definition) is 4. The molecule has 0 bridgehead atoms. The lowest BCUT2D eigenvalue weighted by molar-refractivity contribution is -0.117. The first-order valence-electron chi connectivity index (χ1n) is 6.16. The molecule has 1 aromatic rings. The van der Waals surface area contributed by atoms with Crippen molar-refractivity contribution in [3.05, 3.63) is 29.8 Å². The van der Waals surface area contributed by atoms with Crippen LogP contribution < -0.4 is 16.4 Å². The molecule has 0 saturated carbocycles. The van der Waals surface area contributed by atoms with Crippen molar-refractivity contribution in [3.63, 3.8) is 0 Å². The Balaban J connectivity index is 0.00000200. The zero-order valence-electron chi connectivity index (χ0n) is 10.9. The monoisotopic (exact) mass is 299 g/mol. The zero-order chi connectivity index (χ0) is 13.7. The number of rotatable bonds is 4. The van der Waals surface area contributed by atoms with Crippen molar-refractivity contribution in [2.24, 2.45) is 5.73 Å². The minimum absolute atomic E-state index is 0. The zero-order valence-corrected chi connectivity index (χ0v) is 11.7. The fourth-order valence-electron chi connectivity index (χ4n) is 1.94. The van der Waals surface area contributed by atoms with E-state index in [4.69, 9.17) is 10.5 Å². The highest BCUT2D eigenvalue weighted by atomic mass is 35.5. The lowest BCUT2D eigenvalue weighted by atomic mass is 10.1. The molecular formula is C13H18ClN3O3. The van der Waals surface area contributed by atoms with Crippen molar-refractivity contribution in [2.75, 3.05) is 25.1 Å². The molecule has 0 radical (unpaired) electrons. The third-order valence-electron chi connectivity index (χ3n) is 2.86. The number of primary amides is 1. The Bertz CT molecular complexity index is 476. The molecule has 1 saturated heterocycles. The maximum atomic E-state index is 11.8. The van der Waals surface area contributed by atoms with Crippen LogP contribution in [0.4, 0.5) is 5.69 Å². The Hall–Kier alpha value is -1.63. The second-order valence-electron chi connectivity index (χ2n) is 4.42. The number of amides is 2. The summed E-state index contributed by atoms with van der Waals surface area (Å²) in [6.07, 6.45) is 0.334. The van der Waals surface area contributed by atoms with Gasteiger partial charge in [0.05, 0.1) is 13.2 Å². The molecule has 4 N–H and O–H groups in total. The summed E-state index contributed by atoms with van der Waals surface area (Å²) in [5.74, 6) is -0.636. The van der Waals surface area contributed by atoms with E-state index < -0.39 is 5.91 Å². The fourth-order valence-corrected chi connectivity index (χ4v) is 1.94. The molecule has 1 aliphatic heterocycles. The van der Waals surface area contributed by atoms with E-state index >= 15 is 0 Å². The number of hydrogen-bond donors (Lipinski definition) is 3. The van der Waals surface area contributed by atoms with E-state index in [1.54, 1.807) is 24.3 Å². The van der Waals surface area contributed by atoms with E-state index in [1.807, 2.05) is 0 Å². The van der Waals surface area contributed by atoms with Crippen molar-refractivity contribution in [1.82, 2.24) is 5.32 Å². The van der Waals surface area contributed by atoms with E-state index in [1.165, 1.54) is 0 Å². The van der Waals surface area contributed by atoms with Gasteiger partial charge in [0.15, 0.2) is 0 Å². The number of benzene rings is 1. The molecule has 20 heavy (non-hydrogen) atoms. The minimum Gasteiger partial charge on any atom is -0.378 e. The smallest absolute Gasteiger partial charge is 0.248 e. The predicted molar refractivity (Wildman–Crippen MR) is 78.1 cm³/mol. The topological polar surface area (TPSA) is 93.5 Å². The van der Waals surface area contributed by atoms with Crippen LogP contribution in [0.1, 0.15) is 16.8 Å². The molecule has 1 fully saturated rings. The van der Waals surface area contributed by atoms with Gasteiger partial charge < -0.3 is 21.1 Å². The van der Waals surface area contributed by atoms with Gasteiger partial charge in [-0.05, 0) is 18.2 Å². The summed E-state index contributed by atoms with van der Waals surface area (Å²) in [5.41, 5.74) is 6.12. The number of nitrogens with one attached hydrogen (secondary N) is 2. The molecule has 0 aliphatic carbocycles. The van der Waals surface area contributed by atoms with Gasteiger partial charge in [0.2, 0.25) is 11.8 Å². The van der Waals surface area contributed by atoms with Crippen molar-refractivity contribution in [1.29, 1.82) is 0 Å². The van der Waals surface area contributed by atoms with Gasteiger partial charge in [-0.3, -0.25) is 9.59 Å². The second kappa shape index (κ2) is 7.84. The Morgan fingerprint density at radius 1 is 1.45 bits per heavy atom. The number of carbonyl (C=O) groups is 2. The Kier molecular flexibility index (Phi) is 6.44. The Labute approximate surface area is 123 Å². The second-order valence-corrected chi connectivity index (χ2v) is 4.42. The highest BCUT2D eigenvalue weighted by Gasteiger charge is 2.16. The molecule has 2 rings (SSSR count). The third kappa shape index (κ3) is 4.80. The molecule has 1 unspecified atom stereocenters. The largest absolute Gasteiger partial charge is 0.378 e. The van der Waals surface area contributed by atoms with Crippen LogP contribution in [-0.4, -0.2) is 37.6 Å². The summed E-state index contributed by atoms with van der Waals surface area (Å²) < 4.78 is 5.28. The van der Waals surface area contributed by atoms with Crippen LogP contribution in [-0.2, 0) is 9.53 Å². The molecule has 1 heterocycles. The van der Waals surface area contributed by atoms with Gasteiger partial charge in [0.25, 0.3) is 0 Å². The number of nitrogens with two attached hydrogens (primary N) is 1. The van der Waals surface area contributed by atoms with Crippen LogP contribution in [0.3, 0.4) is 0 Å². The fraction of sp³-hybridized carbons (Fsp3) is 0.385. The lowest BCUT2D eigenvalue weighted by Gasteiger charge is -2.23. The van der Waals surface area contributed by atoms with Gasteiger partial charge in [-0.25, -0.2) is 0 Å². The summed E-state index contributed by atoms with van der Waals surface area (Å²) in [6.45, 7) is 1.97. The number of carbonyl (C=O) groups excluding carboxylic acids is 2. The van der Waals surface area contributed by atoms with Crippen LogP contribution in [0.15, 0.2) is 24.3 Å². The van der Waals surface area contributed by atoms with E-state index in [0.29, 0.717) is 30.9 Å². The Morgan fingerprint density at radius 3 is 2.90 bits per heavy atom. The molecule has 110 valence electrons. The van der Waals surface area contributed by atoms with Gasteiger partial charge >= 0.3 is 0 Å². The van der Waals surface area contributed by atoms with Gasteiger partial charge in [-0.1, -0.05) is 6.07 Å². The van der Waals surface area contributed by atoms with E-state index in [-0.39, 0.29) is 24.4 Å². The predicted octanol–water partition coefficient (Wildman–Crippen LogP) is 0.524. The molecule has 1 atom stereocenters. The molecule has 6 nitrogen and oxygen atoms in total. The van der Waals surface area contributed by atoms with Crippen LogP contribution in [0, 0.1) is 0 Å². The van der Waals surface area contributed by atoms with Crippen LogP contribution >= 0.6 is 12.4 Å². The number of anilines is 1.